The molecule has 2 nitrogen and oxygen atoms in total. The van der Waals surface area contributed by atoms with Crippen molar-refractivity contribution in [1.29, 1.82) is 0 Å². The molecule has 0 aliphatic carbocycles. The Bertz CT molecular complexity index is 102. The first-order valence-electron chi connectivity index (χ1n) is 3.30. The van der Waals surface area contributed by atoms with Crippen LogP contribution in [0.4, 0.5) is 0 Å². The molecule has 2 heteroatoms. The van der Waals surface area contributed by atoms with E-state index in [9.17, 15) is 0 Å². The maximum Gasteiger partial charge on any atom is 0.0150 e. The standard InChI is InChI=1S/C7H12N2/c1-2-4-6-8-9-7-5-3-1/h1-2,4,6,8-9H,3,5,7H2. The van der Waals surface area contributed by atoms with Gasteiger partial charge >= 0.3 is 0 Å². The summed E-state index contributed by atoms with van der Waals surface area (Å²) in [5.74, 6) is 0. The van der Waals surface area contributed by atoms with Crippen molar-refractivity contribution in [2.75, 3.05) is 6.54 Å². The molecule has 0 aromatic heterocycles. The van der Waals surface area contributed by atoms with E-state index in [2.05, 4.69) is 23.0 Å². The highest BCUT2D eigenvalue weighted by Gasteiger charge is 1.83. The van der Waals surface area contributed by atoms with Crippen molar-refractivity contribution in [3.05, 3.63) is 24.4 Å². The molecule has 0 aromatic carbocycles. The molecular formula is C7H12N2. The first-order chi connectivity index (χ1) is 4.50. The van der Waals surface area contributed by atoms with E-state index in [0.29, 0.717) is 0 Å². The monoisotopic (exact) mass is 124 g/mol. The zero-order valence-electron chi connectivity index (χ0n) is 5.43. The average molecular weight is 124 g/mol. The lowest BCUT2D eigenvalue weighted by molar-refractivity contribution is 0.604. The van der Waals surface area contributed by atoms with Crippen LogP contribution in [0.5, 0.6) is 0 Å². The normalized spacial score (nSPS) is 19.6. The smallest absolute Gasteiger partial charge is 0.0150 e. The van der Waals surface area contributed by atoms with E-state index < -0.39 is 0 Å². The fraction of sp³-hybridized carbons (Fsp3) is 0.429. The predicted octanol–water partition coefficient (Wildman–Crippen LogP) is 0.944. The van der Waals surface area contributed by atoms with Gasteiger partial charge in [0.2, 0.25) is 0 Å². The second-order valence-corrected chi connectivity index (χ2v) is 2.00. The Labute approximate surface area is 55.6 Å². The first kappa shape index (κ1) is 6.36. The molecule has 1 rings (SSSR count). The number of allylic oxidation sites excluding steroid dienone is 3. The summed E-state index contributed by atoms with van der Waals surface area (Å²) < 4.78 is 0. The van der Waals surface area contributed by atoms with Crippen LogP contribution in [0.1, 0.15) is 12.8 Å². The lowest BCUT2D eigenvalue weighted by Crippen LogP contribution is -2.27. The molecule has 0 saturated carbocycles. The van der Waals surface area contributed by atoms with Crippen molar-refractivity contribution < 1.29 is 0 Å². The molecule has 1 heterocycles. The molecule has 9 heavy (non-hydrogen) atoms. The van der Waals surface area contributed by atoms with Gasteiger partial charge in [-0.1, -0.05) is 12.2 Å². The Morgan fingerprint density at radius 3 is 3.22 bits per heavy atom. The third-order valence-corrected chi connectivity index (χ3v) is 1.20. The minimum atomic E-state index is 1.04. The molecule has 0 spiro atoms. The molecule has 0 fully saturated rings. The molecule has 0 aromatic rings. The minimum Gasteiger partial charge on any atom is -0.329 e. The molecule has 0 unspecified atom stereocenters. The molecule has 1 aliphatic rings. The van der Waals surface area contributed by atoms with E-state index in [1.807, 2.05) is 12.3 Å². The Morgan fingerprint density at radius 1 is 1.22 bits per heavy atom. The Balaban J connectivity index is 2.28. The van der Waals surface area contributed by atoms with Crippen LogP contribution in [0, 0.1) is 0 Å². The predicted molar refractivity (Wildman–Crippen MR) is 38.7 cm³/mol. The van der Waals surface area contributed by atoms with Gasteiger partial charge in [0, 0.05) is 12.7 Å². The summed E-state index contributed by atoms with van der Waals surface area (Å²) >= 11 is 0. The highest BCUT2D eigenvalue weighted by molar-refractivity contribution is 5.01. The molecule has 0 bridgehead atoms. The number of hydrogen-bond acceptors (Lipinski definition) is 2. The van der Waals surface area contributed by atoms with Gasteiger partial charge < -0.3 is 5.43 Å². The largest absolute Gasteiger partial charge is 0.329 e. The maximum atomic E-state index is 3.05. The van der Waals surface area contributed by atoms with Gasteiger partial charge in [0.1, 0.15) is 0 Å². The molecule has 50 valence electrons. The van der Waals surface area contributed by atoms with Gasteiger partial charge in [-0.3, -0.25) is 0 Å². The number of hydrogen-bond donors (Lipinski definition) is 2. The fourth-order valence-corrected chi connectivity index (χ4v) is 0.718. The summed E-state index contributed by atoms with van der Waals surface area (Å²) in [7, 11) is 0. The van der Waals surface area contributed by atoms with Gasteiger partial charge in [0.15, 0.2) is 0 Å². The molecule has 0 amide bonds. The number of hydrazine groups is 1. The summed E-state index contributed by atoms with van der Waals surface area (Å²) in [4.78, 5) is 0. The van der Waals surface area contributed by atoms with Crippen LogP contribution in [-0.4, -0.2) is 6.54 Å². The lowest BCUT2D eigenvalue weighted by atomic mass is 10.3. The topological polar surface area (TPSA) is 24.1 Å². The zero-order valence-corrected chi connectivity index (χ0v) is 5.43. The van der Waals surface area contributed by atoms with Crippen LogP contribution in [0.25, 0.3) is 0 Å². The second kappa shape index (κ2) is 4.15. The van der Waals surface area contributed by atoms with Gasteiger partial charge in [0.05, 0.1) is 0 Å². The van der Waals surface area contributed by atoms with Gasteiger partial charge in [-0.05, 0) is 18.9 Å². The van der Waals surface area contributed by atoms with Crippen LogP contribution in [0.2, 0.25) is 0 Å². The molecular weight excluding hydrogens is 112 g/mol. The Morgan fingerprint density at radius 2 is 2.22 bits per heavy atom. The minimum absolute atomic E-state index is 1.04. The van der Waals surface area contributed by atoms with Crippen LogP contribution >= 0.6 is 0 Å². The highest BCUT2D eigenvalue weighted by atomic mass is 15.3. The van der Waals surface area contributed by atoms with Gasteiger partial charge in [-0.2, -0.15) is 0 Å². The fourth-order valence-electron chi connectivity index (χ4n) is 0.718. The van der Waals surface area contributed by atoms with Crippen molar-refractivity contribution in [3.8, 4) is 0 Å². The summed E-state index contributed by atoms with van der Waals surface area (Å²) in [6.07, 6.45) is 10.5. The number of rotatable bonds is 0. The van der Waals surface area contributed by atoms with Crippen molar-refractivity contribution in [3.63, 3.8) is 0 Å². The Hall–Kier alpha value is -0.760. The SMILES string of the molecule is C1=CCCCNNC=C1. The average Bonchev–Trinajstić information content (AvgIpc) is 2.00. The van der Waals surface area contributed by atoms with Crippen LogP contribution in [0.15, 0.2) is 24.4 Å². The van der Waals surface area contributed by atoms with Gasteiger partial charge in [-0.15, -0.1) is 0 Å². The van der Waals surface area contributed by atoms with E-state index in [1.54, 1.807) is 0 Å². The summed E-state index contributed by atoms with van der Waals surface area (Å²) in [5.41, 5.74) is 6.00. The number of nitrogens with one attached hydrogen (secondary N) is 2. The van der Waals surface area contributed by atoms with E-state index in [0.717, 1.165) is 6.54 Å². The maximum absolute atomic E-state index is 3.05. The van der Waals surface area contributed by atoms with E-state index in [4.69, 9.17) is 0 Å². The molecule has 0 radical (unpaired) electrons. The molecule has 1 aliphatic heterocycles. The highest BCUT2D eigenvalue weighted by Crippen LogP contribution is 1.90. The van der Waals surface area contributed by atoms with Crippen LogP contribution in [-0.2, 0) is 0 Å². The molecule has 0 saturated heterocycles. The van der Waals surface area contributed by atoms with E-state index in [-0.39, 0.29) is 0 Å². The van der Waals surface area contributed by atoms with Crippen molar-refractivity contribution in [1.82, 2.24) is 10.9 Å². The van der Waals surface area contributed by atoms with Gasteiger partial charge in [0.25, 0.3) is 0 Å². The second-order valence-electron chi connectivity index (χ2n) is 2.00. The molecule has 0 atom stereocenters. The quantitative estimate of drug-likeness (QED) is 0.502. The first-order valence-corrected chi connectivity index (χ1v) is 3.30. The van der Waals surface area contributed by atoms with Crippen molar-refractivity contribution in [2.45, 2.75) is 12.8 Å². The van der Waals surface area contributed by atoms with Crippen molar-refractivity contribution >= 4 is 0 Å². The zero-order chi connectivity index (χ0) is 6.36. The summed E-state index contributed by atoms with van der Waals surface area (Å²) in [5, 5.41) is 0. The third kappa shape index (κ3) is 2.93. The van der Waals surface area contributed by atoms with E-state index >= 15 is 0 Å². The van der Waals surface area contributed by atoms with E-state index in [1.165, 1.54) is 12.8 Å². The molecule has 2 N–H and O–H groups in total. The Kier molecular flexibility index (Phi) is 2.93. The van der Waals surface area contributed by atoms with Crippen LogP contribution in [0.3, 0.4) is 0 Å². The lowest BCUT2D eigenvalue weighted by Gasteiger charge is -1.99. The summed E-state index contributed by atoms with van der Waals surface area (Å²) in [6.45, 7) is 1.04. The van der Waals surface area contributed by atoms with Crippen molar-refractivity contribution in [2.24, 2.45) is 0 Å². The van der Waals surface area contributed by atoms with Gasteiger partial charge in [-0.25, -0.2) is 5.43 Å². The third-order valence-electron chi connectivity index (χ3n) is 1.20. The summed E-state index contributed by atoms with van der Waals surface area (Å²) in [6, 6.07) is 0. The van der Waals surface area contributed by atoms with Crippen LogP contribution < -0.4 is 10.9 Å².